The molecule has 8 heteroatoms. The molecule has 0 radical (unpaired) electrons. The van der Waals surface area contributed by atoms with E-state index < -0.39 is 33.1 Å². The van der Waals surface area contributed by atoms with E-state index in [1.807, 2.05) is 4.72 Å². The minimum absolute atomic E-state index is 0.0320. The first kappa shape index (κ1) is 12.8. The third-order valence-corrected chi connectivity index (χ3v) is 2.81. The lowest BCUT2D eigenvalue weighted by atomic mass is 10.2. The zero-order chi connectivity index (χ0) is 13.1. The van der Waals surface area contributed by atoms with E-state index in [0.717, 1.165) is 12.1 Å². The zero-order valence-corrected chi connectivity index (χ0v) is 9.23. The molecule has 0 aromatic heterocycles. The molecule has 0 spiro atoms. The Morgan fingerprint density at radius 3 is 2.65 bits per heavy atom. The third kappa shape index (κ3) is 3.35. The molecule has 1 aromatic carbocycles. The van der Waals surface area contributed by atoms with Crippen molar-refractivity contribution in [1.82, 2.24) is 0 Å². The number of benzene rings is 1. The first-order valence-corrected chi connectivity index (χ1v) is 5.94. The SMILES string of the molecule is N#CCS(=O)(=O)Nc1ccc(O)c(C(=O)O)c1. The topological polar surface area (TPSA) is 127 Å². The monoisotopic (exact) mass is 256 g/mol. The van der Waals surface area contributed by atoms with E-state index in [0.29, 0.717) is 0 Å². The molecule has 0 fully saturated rings. The van der Waals surface area contributed by atoms with Crippen molar-refractivity contribution in [1.29, 1.82) is 5.26 Å². The molecule has 90 valence electrons. The van der Waals surface area contributed by atoms with Crippen molar-refractivity contribution >= 4 is 21.7 Å². The third-order valence-electron chi connectivity index (χ3n) is 1.75. The Balaban J connectivity index is 3.07. The second kappa shape index (κ2) is 4.71. The molecule has 0 saturated carbocycles. The molecule has 0 aliphatic heterocycles. The maximum atomic E-state index is 11.2. The fraction of sp³-hybridized carbons (Fsp3) is 0.111. The Labute approximate surface area is 97.0 Å². The smallest absolute Gasteiger partial charge is 0.339 e. The van der Waals surface area contributed by atoms with Crippen LogP contribution < -0.4 is 4.72 Å². The lowest BCUT2D eigenvalue weighted by Crippen LogP contribution is -2.15. The van der Waals surface area contributed by atoms with E-state index in [1.54, 1.807) is 0 Å². The Kier molecular flexibility index (Phi) is 3.55. The maximum Gasteiger partial charge on any atom is 0.339 e. The Morgan fingerprint density at radius 1 is 1.47 bits per heavy atom. The highest BCUT2D eigenvalue weighted by Gasteiger charge is 2.14. The highest BCUT2D eigenvalue weighted by atomic mass is 32.2. The van der Waals surface area contributed by atoms with Gasteiger partial charge >= 0.3 is 5.97 Å². The Hall–Kier alpha value is -2.27. The van der Waals surface area contributed by atoms with Gasteiger partial charge in [-0.05, 0) is 18.2 Å². The normalized spacial score (nSPS) is 10.5. The maximum absolute atomic E-state index is 11.2. The van der Waals surface area contributed by atoms with Gasteiger partial charge in [-0.3, -0.25) is 4.72 Å². The van der Waals surface area contributed by atoms with Crippen LogP contribution in [0.2, 0.25) is 0 Å². The van der Waals surface area contributed by atoms with E-state index in [9.17, 15) is 18.3 Å². The van der Waals surface area contributed by atoms with Gasteiger partial charge in [0.15, 0.2) is 5.75 Å². The van der Waals surface area contributed by atoms with Crippen LogP contribution in [0.5, 0.6) is 5.75 Å². The van der Waals surface area contributed by atoms with Gasteiger partial charge in [0.25, 0.3) is 0 Å². The number of carbonyl (C=O) groups is 1. The van der Waals surface area contributed by atoms with Crippen LogP contribution in [-0.2, 0) is 10.0 Å². The molecule has 0 unspecified atom stereocenters. The zero-order valence-electron chi connectivity index (χ0n) is 8.41. The molecule has 0 atom stereocenters. The molecule has 1 rings (SSSR count). The van der Waals surface area contributed by atoms with E-state index in [1.165, 1.54) is 12.1 Å². The molecule has 0 aliphatic rings. The van der Waals surface area contributed by atoms with Crippen molar-refractivity contribution in [3.8, 4) is 11.8 Å². The molecule has 17 heavy (non-hydrogen) atoms. The van der Waals surface area contributed by atoms with Crippen LogP contribution in [0.25, 0.3) is 0 Å². The number of aromatic hydroxyl groups is 1. The van der Waals surface area contributed by atoms with Crippen LogP contribution >= 0.6 is 0 Å². The predicted molar refractivity (Wildman–Crippen MR) is 58.1 cm³/mol. The number of rotatable bonds is 4. The second-order valence-electron chi connectivity index (χ2n) is 3.06. The average molecular weight is 256 g/mol. The minimum Gasteiger partial charge on any atom is -0.507 e. The van der Waals surface area contributed by atoms with Crippen LogP contribution in [0.4, 0.5) is 5.69 Å². The van der Waals surface area contributed by atoms with E-state index in [4.69, 9.17) is 10.4 Å². The predicted octanol–water partition coefficient (Wildman–Crippen LogP) is 0.356. The standard InChI is InChI=1S/C9H8N2O5S/c10-3-4-17(15,16)11-6-1-2-8(12)7(5-6)9(13)14/h1-2,5,11-12H,4H2,(H,13,14). The van der Waals surface area contributed by atoms with Crippen molar-refractivity contribution in [2.24, 2.45) is 0 Å². The summed E-state index contributed by atoms with van der Waals surface area (Å²) in [6, 6.07) is 4.67. The molecule has 3 N–H and O–H groups in total. The fourth-order valence-corrected chi connectivity index (χ4v) is 1.80. The summed E-state index contributed by atoms with van der Waals surface area (Å²) in [6.07, 6.45) is 0. The number of nitrogens with one attached hydrogen (secondary N) is 1. The van der Waals surface area contributed by atoms with E-state index in [2.05, 4.69) is 0 Å². The first-order valence-electron chi connectivity index (χ1n) is 4.29. The summed E-state index contributed by atoms with van der Waals surface area (Å²) in [7, 11) is -3.83. The van der Waals surface area contributed by atoms with Gasteiger partial charge in [0.1, 0.15) is 11.3 Å². The van der Waals surface area contributed by atoms with Crippen LogP contribution in [-0.4, -0.2) is 30.4 Å². The molecule has 0 bridgehead atoms. The van der Waals surface area contributed by atoms with Gasteiger partial charge in [-0.15, -0.1) is 0 Å². The number of anilines is 1. The molecule has 0 saturated heterocycles. The Bertz CT molecular complexity index is 588. The molecular weight excluding hydrogens is 248 g/mol. The van der Waals surface area contributed by atoms with Gasteiger partial charge in [0.2, 0.25) is 10.0 Å². The second-order valence-corrected chi connectivity index (χ2v) is 4.78. The highest BCUT2D eigenvalue weighted by Crippen LogP contribution is 2.22. The van der Waals surface area contributed by atoms with Crippen LogP contribution in [0.15, 0.2) is 18.2 Å². The largest absolute Gasteiger partial charge is 0.507 e. The van der Waals surface area contributed by atoms with Crippen LogP contribution in [0.3, 0.4) is 0 Å². The van der Waals surface area contributed by atoms with Gasteiger partial charge in [0, 0.05) is 5.69 Å². The number of aromatic carboxylic acids is 1. The van der Waals surface area contributed by atoms with Crippen molar-refractivity contribution in [3.05, 3.63) is 23.8 Å². The summed E-state index contributed by atoms with van der Waals surface area (Å²) >= 11 is 0. The van der Waals surface area contributed by atoms with Crippen LogP contribution in [0.1, 0.15) is 10.4 Å². The number of hydrogen-bond acceptors (Lipinski definition) is 5. The van der Waals surface area contributed by atoms with Crippen molar-refractivity contribution in [3.63, 3.8) is 0 Å². The molecule has 1 aromatic rings. The summed E-state index contributed by atoms with van der Waals surface area (Å²) in [4.78, 5) is 10.7. The fourth-order valence-electron chi connectivity index (χ4n) is 1.07. The van der Waals surface area contributed by atoms with E-state index in [-0.39, 0.29) is 5.69 Å². The number of phenols is 1. The summed E-state index contributed by atoms with van der Waals surface area (Å²) in [6.45, 7) is 0. The molecule has 0 aliphatic carbocycles. The summed E-state index contributed by atoms with van der Waals surface area (Å²) in [5, 5.41) is 26.2. The number of hydrogen-bond donors (Lipinski definition) is 3. The van der Waals surface area contributed by atoms with Gasteiger partial charge < -0.3 is 10.2 Å². The van der Waals surface area contributed by atoms with Gasteiger partial charge in [-0.1, -0.05) is 0 Å². The van der Waals surface area contributed by atoms with Crippen molar-refractivity contribution in [2.75, 3.05) is 10.5 Å². The summed E-state index contributed by atoms with van der Waals surface area (Å²) in [5.41, 5.74) is -0.461. The van der Waals surface area contributed by atoms with Gasteiger partial charge in [-0.2, -0.15) is 5.26 Å². The number of nitrogens with zero attached hydrogens (tertiary/aromatic N) is 1. The highest BCUT2D eigenvalue weighted by molar-refractivity contribution is 7.92. The number of carboxylic acid groups (broad SMARTS) is 1. The quantitative estimate of drug-likeness (QED) is 0.667. The molecular formula is C9H8N2O5S. The van der Waals surface area contributed by atoms with Gasteiger partial charge in [0.05, 0.1) is 6.07 Å². The molecule has 0 amide bonds. The van der Waals surface area contributed by atoms with Crippen molar-refractivity contribution < 1.29 is 23.4 Å². The lowest BCUT2D eigenvalue weighted by Gasteiger charge is -2.06. The summed E-state index contributed by atoms with van der Waals surface area (Å²) < 4.78 is 24.5. The number of nitriles is 1. The molecule has 7 nitrogen and oxygen atoms in total. The van der Waals surface area contributed by atoms with Crippen molar-refractivity contribution in [2.45, 2.75) is 0 Å². The number of sulfonamides is 1. The summed E-state index contributed by atoms with van der Waals surface area (Å²) in [5.74, 6) is -2.60. The first-order chi connectivity index (χ1) is 7.85. The van der Waals surface area contributed by atoms with Crippen LogP contribution in [0, 0.1) is 11.3 Å². The molecule has 0 heterocycles. The lowest BCUT2D eigenvalue weighted by molar-refractivity contribution is 0.0694. The van der Waals surface area contributed by atoms with Gasteiger partial charge in [-0.25, -0.2) is 13.2 Å². The average Bonchev–Trinajstić information content (AvgIpc) is 2.20. The number of carboxylic acids is 1. The minimum atomic E-state index is -3.83. The van der Waals surface area contributed by atoms with E-state index >= 15 is 0 Å². The Morgan fingerprint density at radius 2 is 2.12 bits per heavy atom.